The number of nitrogens with zero attached hydrogens (tertiary/aromatic N) is 1. The van der Waals surface area contributed by atoms with Crippen molar-refractivity contribution < 1.29 is 17.9 Å². The molecule has 2 nitrogen and oxygen atoms in total. The van der Waals surface area contributed by atoms with Gasteiger partial charge < -0.3 is 4.74 Å². The number of halogens is 3. The van der Waals surface area contributed by atoms with Gasteiger partial charge >= 0.3 is 6.18 Å². The molecule has 1 aliphatic heterocycles. The first-order valence-electron chi connectivity index (χ1n) is 9.84. The molecule has 1 saturated heterocycles. The lowest BCUT2D eigenvalue weighted by atomic mass is 10.2. The van der Waals surface area contributed by atoms with E-state index < -0.39 is 19.8 Å². The molecule has 152 valence electrons. The largest absolute Gasteiger partial charge is 0.416 e. The number of unbranched alkanes of at least 4 members (excludes halogenated alkanes) is 2. The summed E-state index contributed by atoms with van der Waals surface area (Å²) in [5.41, 5.74) is 1.32. The van der Waals surface area contributed by atoms with Crippen molar-refractivity contribution >= 4 is 13.3 Å². The van der Waals surface area contributed by atoms with E-state index in [-0.39, 0.29) is 12.2 Å². The molecule has 0 saturated carbocycles. The third-order valence-corrected chi connectivity index (χ3v) is 9.42. The minimum absolute atomic E-state index is 0.268. The van der Waals surface area contributed by atoms with Gasteiger partial charge in [-0.1, -0.05) is 55.4 Å². The second-order valence-corrected chi connectivity index (χ2v) is 12.3. The van der Waals surface area contributed by atoms with Gasteiger partial charge in [-0.2, -0.15) is 13.2 Å². The van der Waals surface area contributed by atoms with Crippen molar-refractivity contribution in [1.82, 2.24) is 4.90 Å². The van der Waals surface area contributed by atoms with Crippen molar-refractivity contribution in [1.29, 1.82) is 0 Å². The van der Waals surface area contributed by atoms with Gasteiger partial charge in [-0.05, 0) is 32.0 Å². The Morgan fingerprint density at radius 3 is 2.37 bits per heavy atom. The summed E-state index contributed by atoms with van der Waals surface area (Å²) in [7, 11) is -2.36. The van der Waals surface area contributed by atoms with E-state index in [0.29, 0.717) is 5.19 Å². The van der Waals surface area contributed by atoms with Gasteiger partial charge in [-0.3, -0.25) is 4.90 Å². The molecule has 1 aliphatic rings. The zero-order chi connectivity index (χ0) is 20.1. The zero-order valence-corrected chi connectivity index (χ0v) is 17.7. The van der Waals surface area contributed by atoms with Crippen LogP contribution in [0.3, 0.4) is 0 Å². The van der Waals surface area contributed by atoms with Gasteiger partial charge in [0.1, 0.15) is 8.07 Å². The van der Waals surface area contributed by atoms with E-state index in [4.69, 9.17) is 4.74 Å². The highest BCUT2D eigenvalue weighted by Crippen LogP contribution is 2.30. The molecule has 1 aromatic carbocycles. The fourth-order valence-electron chi connectivity index (χ4n) is 4.05. The Labute approximate surface area is 162 Å². The number of benzene rings is 1. The van der Waals surface area contributed by atoms with Crippen LogP contribution in [0.25, 0.3) is 0 Å². The van der Waals surface area contributed by atoms with E-state index in [1.54, 1.807) is 12.1 Å². The van der Waals surface area contributed by atoms with Crippen LogP contribution >= 0.6 is 0 Å². The highest BCUT2D eigenvalue weighted by Gasteiger charge is 2.38. The molecule has 0 amide bonds. The van der Waals surface area contributed by atoms with Gasteiger partial charge in [-0.15, -0.1) is 6.58 Å². The van der Waals surface area contributed by atoms with E-state index in [2.05, 4.69) is 25.3 Å². The molecule has 0 bridgehead atoms. The molecular formula is C21H32F3NOSi. The monoisotopic (exact) mass is 399 g/mol. The molecule has 1 heterocycles. The smallest absolute Gasteiger partial charge is 0.373 e. The molecule has 1 aromatic rings. The van der Waals surface area contributed by atoms with Crippen LogP contribution in [0.15, 0.2) is 36.5 Å². The third kappa shape index (κ3) is 6.19. The number of ether oxygens (including phenoxy) is 1. The van der Waals surface area contributed by atoms with Gasteiger partial charge in [0.2, 0.25) is 0 Å². The Kier molecular flexibility index (Phi) is 7.71. The predicted molar refractivity (Wildman–Crippen MR) is 108 cm³/mol. The van der Waals surface area contributed by atoms with Crippen molar-refractivity contribution in [2.24, 2.45) is 0 Å². The van der Waals surface area contributed by atoms with E-state index in [1.807, 2.05) is 12.2 Å². The molecule has 0 spiro atoms. The fraction of sp³-hybridized carbons (Fsp3) is 0.619. The maximum Gasteiger partial charge on any atom is 0.416 e. The zero-order valence-electron chi connectivity index (χ0n) is 16.7. The van der Waals surface area contributed by atoms with E-state index in [9.17, 15) is 13.2 Å². The molecule has 0 N–H and O–H groups in total. The minimum Gasteiger partial charge on any atom is -0.373 e. The van der Waals surface area contributed by atoms with Crippen LogP contribution in [0, 0.1) is 0 Å². The quantitative estimate of drug-likeness (QED) is 0.451. The molecule has 0 radical (unpaired) electrons. The SMILES string of the molecule is C=C[Si](C)(CCCCCN1CC(C)OC(C)C1)c1ccccc1C(F)(F)F. The number of morpholine rings is 1. The molecule has 1 fully saturated rings. The second-order valence-electron chi connectivity index (χ2n) is 7.99. The summed E-state index contributed by atoms with van der Waals surface area (Å²) >= 11 is 0. The Morgan fingerprint density at radius 1 is 1.15 bits per heavy atom. The van der Waals surface area contributed by atoms with Gasteiger partial charge in [0.25, 0.3) is 0 Å². The van der Waals surface area contributed by atoms with Gasteiger partial charge in [0.05, 0.1) is 17.8 Å². The Bertz CT molecular complexity index is 612. The van der Waals surface area contributed by atoms with Crippen molar-refractivity contribution in [3.63, 3.8) is 0 Å². The van der Waals surface area contributed by atoms with E-state index in [0.717, 1.165) is 44.9 Å². The van der Waals surface area contributed by atoms with Crippen molar-refractivity contribution in [2.75, 3.05) is 19.6 Å². The van der Waals surface area contributed by atoms with Crippen LogP contribution in [-0.4, -0.2) is 44.8 Å². The summed E-state index contributed by atoms with van der Waals surface area (Å²) in [5.74, 6) is 0. The highest BCUT2D eigenvalue weighted by molar-refractivity contribution is 6.95. The average Bonchev–Trinajstić information content (AvgIpc) is 2.59. The molecule has 2 rings (SSSR count). The number of hydrogen-bond donors (Lipinski definition) is 0. The van der Waals surface area contributed by atoms with Crippen molar-refractivity contribution in [3.05, 3.63) is 42.1 Å². The predicted octanol–water partition coefficient (Wildman–Crippen LogP) is 5.00. The first-order chi connectivity index (χ1) is 12.7. The van der Waals surface area contributed by atoms with Gasteiger partial charge in [-0.25, -0.2) is 0 Å². The second kappa shape index (κ2) is 9.39. The van der Waals surface area contributed by atoms with Crippen LogP contribution in [0.5, 0.6) is 0 Å². The molecule has 3 atom stereocenters. The van der Waals surface area contributed by atoms with Crippen LogP contribution in [0.1, 0.15) is 38.7 Å². The average molecular weight is 400 g/mol. The van der Waals surface area contributed by atoms with Crippen LogP contribution < -0.4 is 5.19 Å². The molecular weight excluding hydrogens is 367 g/mol. The molecule has 27 heavy (non-hydrogen) atoms. The molecule has 3 unspecified atom stereocenters. The summed E-state index contributed by atoms with van der Waals surface area (Å²) in [6.45, 7) is 13.0. The van der Waals surface area contributed by atoms with Crippen LogP contribution in [0.2, 0.25) is 12.6 Å². The standard InChI is InChI=1S/C21H32F3NOSi/c1-5-27(4,20-12-8-7-11-19(20)21(22,23)24)14-10-6-9-13-25-15-17(2)26-18(3)16-25/h5,7-8,11-12,17-18H,1,6,9-10,13-16H2,2-4H3. The summed E-state index contributed by atoms with van der Waals surface area (Å²) in [4.78, 5) is 2.43. The fourth-order valence-corrected chi connectivity index (χ4v) is 7.04. The number of alkyl halides is 3. The first-order valence-corrected chi connectivity index (χ1v) is 12.6. The van der Waals surface area contributed by atoms with E-state index >= 15 is 0 Å². The molecule has 0 aromatic heterocycles. The summed E-state index contributed by atoms with van der Waals surface area (Å²) < 4.78 is 45.9. The normalized spacial score (nSPS) is 23.8. The number of rotatable bonds is 8. The molecule has 0 aliphatic carbocycles. The van der Waals surface area contributed by atoms with Crippen LogP contribution in [0.4, 0.5) is 13.2 Å². The maximum atomic E-state index is 13.4. The lowest BCUT2D eigenvalue weighted by molar-refractivity contribution is -0.136. The first kappa shape index (κ1) is 22.2. The maximum absolute atomic E-state index is 13.4. The van der Waals surface area contributed by atoms with E-state index in [1.165, 1.54) is 12.1 Å². The lowest BCUT2D eigenvalue weighted by Crippen LogP contribution is -2.46. The summed E-state index contributed by atoms with van der Waals surface area (Å²) in [6, 6.07) is 6.83. The Morgan fingerprint density at radius 2 is 1.78 bits per heavy atom. The third-order valence-electron chi connectivity index (χ3n) is 5.46. The van der Waals surface area contributed by atoms with Crippen LogP contribution in [-0.2, 0) is 10.9 Å². The highest BCUT2D eigenvalue weighted by atomic mass is 28.3. The van der Waals surface area contributed by atoms with Crippen molar-refractivity contribution in [2.45, 2.75) is 64.1 Å². The number of hydrogen-bond acceptors (Lipinski definition) is 2. The molecule has 6 heteroatoms. The minimum atomic E-state index is -4.31. The van der Waals surface area contributed by atoms with Crippen molar-refractivity contribution in [3.8, 4) is 0 Å². The Balaban J connectivity index is 1.89. The summed E-state index contributed by atoms with van der Waals surface area (Å²) in [5, 5.41) is 0.461. The topological polar surface area (TPSA) is 12.5 Å². The van der Waals surface area contributed by atoms with Gasteiger partial charge in [0.15, 0.2) is 0 Å². The van der Waals surface area contributed by atoms with Gasteiger partial charge in [0, 0.05) is 13.1 Å². The Hall–Kier alpha value is -1.11. The lowest BCUT2D eigenvalue weighted by Gasteiger charge is -2.35. The summed E-state index contributed by atoms with van der Waals surface area (Å²) in [6.07, 6.45) is -0.728.